The minimum absolute atomic E-state index is 0.000833. The van der Waals surface area contributed by atoms with Gasteiger partial charge in [0.1, 0.15) is 0 Å². The first kappa shape index (κ1) is 14.2. The number of alkyl halides is 3. The van der Waals surface area contributed by atoms with Crippen molar-refractivity contribution < 1.29 is 13.2 Å². The molecule has 1 nitrogen and oxygen atoms in total. The maximum atomic E-state index is 12.0. The number of rotatable bonds is 7. The third-order valence-electron chi connectivity index (χ3n) is 3.22. The van der Waals surface area contributed by atoms with Crippen LogP contribution in [0.5, 0.6) is 0 Å². The van der Waals surface area contributed by atoms with Crippen LogP contribution >= 0.6 is 11.8 Å². The SMILES string of the molecule is CCC(C)(CCSC(F)(F)F)CNC1CC1. The maximum Gasteiger partial charge on any atom is 0.441 e. The van der Waals surface area contributed by atoms with Crippen molar-refractivity contribution >= 4 is 11.8 Å². The van der Waals surface area contributed by atoms with E-state index in [1.165, 1.54) is 12.8 Å². The Morgan fingerprint density at radius 1 is 1.31 bits per heavy atom. The van der Waals surface area contributed by atoms with Crippen LogP contribution in [0.2, 0.25) is 0 Å². The van der Waals surface area contributed by atoms with Crippen molar-refractivity contribution in [3.63, 3.8) is 0 Å². The Morgan fingerprint density at radius 2 is 1.94 bits per heavy atom. The molecule has 0 aromatic carbocycles. The Morgan fingerprint density at radius 3 is 2.38 bits per heavy atom. The molecular formula is C11H20F3NS. The fourth-order valence-corrected chi connectivity index (χ4v) is 2.31. The first-order valence-corrected chi connectivity index (χ1v) is 6.77. The lowest BCUT2D eigenvalue weighted by Gasteiger charge is -2.28. The van der Waals surface area contributed by atoms with Crippen LogP contribution in [0.1, 0.15) is 39.5 Å². The molecule has 0 radical (unpaired) electrons. The monoisotopic (exact) mass is 255 g/mol. The summed E-state index contributed by atoms with van der Waals surface area (Å²) in [6, 6.07) is 0.626. The zero-order valence-corrected chi connectivity index (χ0v) is 10.7. The summed E-state index contributed by atoms with van der Waals surface area (Å²) in [5.41, 5.74) is -4.08. The van der Waals surface area contributed by atoms with E-state index in [1.54, 1.807) is 0 Å². The van der Waals surface area contributed by atoms with Crippen molar-refractivity contribution in [2.75, 3.05) is 12.3 Å². The smallest absolute Gasteiger partial charge is 0.313 e. The summed E-state index contributed by atoms with van der Waals surface area (Å²) in [7, 11) is 0. The second-order valence-corrected chi connectivity index (χ2v) is 6.02. The van der Waals surface area contributed by atoms with Gasteiger partial charge in [0.2, 0.25) is 0 Å². The number of halogens is 3. The quantitative estimate of drug-likeness (QED) is 0.742. The third kappa shape index (κ3) is 5.99. The number of hydrogen-bond acceptors (Lipinski definition) is 2. The molecule has 1 aliphatic carbocycles. The molecule has 0 aliphatic heterocycles. The highest BCUT2D eigenvalue weighted by atomic mass is 32.2. The van der Waals surface area contributed by atoms with E-state index in [2.05, 4.69) is 12.2 Å². The molecular weight excluding hydrogens is 235 g/mol. The van der Waals surface area contributed by atoms with Gasteiger partial charge in [0.05, 0.1) is 0 Å². The molecule has 1 N–H and O–H groups in total. The predicted molar refractivity (Wildman–Crippen MR) is 62.6 cm³/mol. The van der Waals surface area contributed by atoms with Gasteiger partial charge in [-0.15, -0.1) is 0 Å². The van der Waals surface area contributed by atoms with Gasteiger partial charge in [-0.1, -0.05) is 25.6 Å². The zero-order chi connectivity index (χ0) is 12.2. The van der Waals surface area contributed by atoms with Crippen LogP contribution in [0.3, 0.4) is 0 Å². The molecule has 1 rings (SSSR count). The van der Waals surface area contributed by atoms with Crippen molar-refractivity contribution in [2.45, 2.75) is 51.1 Å². The summed E-state index contributed by atoms with van der Waals surface area (Å²) in [6.07, 6.45) is 3.98. The molecule has 1 fully saturated rings. The number of hydrogen-bond donors (Lipinski definition) is 1. The second kappa shape index (κ2) is 5.63. The lowest BCUT2D eigenvalue weighted by molar-refractivity contribution is -0.0329. The summed E-state index contributed by atoms with van der Waals surface area (Å²) in [5, 5.41) is 3.41. The van der Waals surface area contributed by atoms with Crippen LogP contribution in [-0.4, -0.2) is 23.8 Å². The van der Waals surface area contributed by atoms with Crippen LogP contribution in [0.4, 0.5) is 13.2 Å². The number of thioether (sulfide) groups is 1. The van der Waals surface area contributed by atoms with Gasteiger partial charge in [-0.3, -0.25) is 0 Å². The molecule has 96 valence electrons. The van der Waals surface area contributed by atoms with E-state index in [4.69, 9.17) is 0 Å². The average Bonchev–Trinajstić information content (AvgIpc) is 2.96. The Balaban J connectivity index is 2.22. The summed E-state index contributed by atoms with van der Waals surface area (Å²) in [4.78, 5) is 0. The molecule has 1 saturated carbocycles. The molecule has 16 heavy (non-hydrogen) atoms. The van der Waals surface area contributed by atoms with Gasteiger partial charge in [0.15, 0.2) is 0 Å². The zero-order valence-electron chi connectivity index (χ0n) is 9.86. The molecule has 0 aromatic rings. The fraction of sp³-hybridized carbons (Fsp3) is 1.00. The van der Waals surface area contributed by atoms with E-state index >= 15 is 0 Å². The van der Waals surface area contributed by atoms with Gasteiger partial charge in [-0.2, -0.15) is 13.2 Å². The lowest BCUT2D eigenvalue weighted by Crippen LogP contribution is -2.33. The topological polar surface area (TPSA) is 12.0 Å². The van der Waals surface area contributed by atoms with Crippen molar-refractivity contribution in [3.05, 3.63) is 0 Å². The van der Waals surface area contributed by atoms with Gasteiger partial charge in [-0.05, 0) is 31.1 Å². The molecule has 0 amide bonds. The maximum absolute atomic E-state index is 12.0. The highest BCUT2D eigenvalue weighted by Crippen LogP contribution is 2.35. The first-order valence-electron chi connectivity index (χ1n) is 5.79. The summed E-state index contributed by atoms with van der Waals surface area (Å²) in [5.74, 6) is 0.167. The Kier molecular flexibility index (Phi) is 4.98. The standard InChI is InChI=1S/C11H20F3NS/c1-3-10(2,8-15-9-4-5-9)6-7-16-11(12,13)14/h9,15H,3-8H2,1-2H3. The van der Waals surface area contributed by atoms with Crippen LogP contribution in [-0.2, 0) is 0 Å². The van der Waals surface area contributed by atoms with Crippen molar-refractivity contribution in [1.29, 1.82) is 0 Å². The summed E-state index contributed by atoms with van der Waals surface area (Å²) in [6.45, 7) is 4.96. The Hall–Kier alpha value is 0.1000. The molecule has 0 bridgehead atoms. The van der Waals surface area contributed by atoms with E-state index in [1.807, 2.05) is 6.92 Å². The van der Waals surface area contributed by atoms with Crippen LogP contribution in [0.25, 0.3) is 0 Å². The van der Waals surface area contributed by atoms with Gasteiger partial charge >= 0.3 is 5.51 Å². The Labute approximate surface area is 99.6 Å². The minimum atomic E-state index is -4.08. The largest absolute Gasteiger partial charge is 0.441 e. The van der Waals surface area contributed by atoms with Gasteiger partial charge in [0, 0.05) is 18.3 Å². The van der Waals surface area contributed by atoms with E-state index in [-0.39, 0.29) is 22.9 Å². The lowest BCUT2D eigenvalue weighted by atomic mass is 9.84. The van der Waals surface area contributed by atoms with Crippen LogP contribution in [0.15, 0.2) is 0 Å². The third-order valence-corrected chi connectivity index (χ3v) is 3.96. The first-order chi connectivity index (χ1) is 7.35. The van der Waals surface area contributed by atoms with Crippen LogP contribution < -0.4 is 5.32 Å². The fourth-order valence-electron chi connectivity index (χ4n) is 1.48. The normalized spacial score (nSPS) is 20.8. The summed E-state index contributed by atoms with van der Waals surface area (Å²) < 4.78 is 36.0. The molecule has 5 heteroatoms. The number of nitrogens with one attached hydrogen (secondary N) is 1. The Bertz CT molecular complexity index is 216. The van der Waals surface area contributed by atoms with Crippen LogP contribution in [0, 0.1) is 5.41 Å². The minimum Gasteiger partial charge on any atom is -0.313 e. The summed E-state index contributed by atoms with van der Waals surface area (Å²) >= 11 is 0.0979. The molecule has 0 aromatic heterocycles. The second-order valence-electron chi connectivity index (χ2n) is 4.86. The van der Waals surface area contributed by atoms with Crippen molar-refractivity contribution in [3.8, 4) is 0 Å². The van der Waals surface area contributed by atoms with E-state index < -0.39 is 5.51 Å². The highest BCUT2D eigenvalue weighted by molar-refractivity contribution is 8.00. The molecule has 0 spiro atoms. The average molecular weight is 255 g/mol. The molecule has 1 aliphatic rings. The predicted octanol–water partition coefficient (Wildman–Crippen LogP) is 3.80. The van der Waals surface area contributed by atoms with Crippen molar-refractivity contribution in [1.82, 2.24) is 5.32 Å². The molecule has 1 unspecified atom stereocenters. The van der Waals surface area contributed by atoms with Gasteiger partial charge in [-0.25, -0.2) is 0 Å². The molecule has 1 atom stereocenters. The molecule has 0 saturated heterocycles. The van der Waals surface area contributed by atoms with Crippen molar-refractivity contribution in [2.24, 2.45) is 5.41 Å². The van der Waals surface area contributed by atoms with E-state index in [0.29, 0.717) is 12.5 Å². The van der Waals surface area contributed by atoms with Gasteiger partial charge in [0.25, 0.3) is 0 Å². The van der Waals surface area contributed by atoms with Gasteiger partial charge < -0.3 is 5.32 Å². The van der Waals surface area contributed by atoms with E-state index in [0.717, 1.165) is 13.0 Å². The molecule has 0 heterocycles. The highest BCUT2D eigenvalue weighted by Gasteiger charge is 2.31. The van der Waals surface area contributed by atoms with E-state index in [9.17, 15) is 13.2 Å².